The minimum atomic E-state index is -3.95. The van der Waals surface area contributed by atoms with Crippen LogP contribution in [0.4, 0.5) is 0 Å². The van der Waals surface area contributed by atoms with Crippen molar-refractivity contribution >= 4 is 27.6 Å². The molecule has 3 aromatic carbocycles. The van der Waals surface area contributed by atoms with Crippen LogP contribution in [-0.2, 0) is 21.3 Å². The first-order valence-corrected chi connectivity index (χ1v) is 10.8. The van der Waals surface area contributed by atoms with Gasteiger partial charge in [-0.15, -0.1) is 0 Å². The third-order valence-corrected chi connectivity index (χ3v) is 6.61. The van der Waals surface area contributed by atoms with Crippen LogP contribution in [0, 0.1) is 0 Å². The van der Waals surface area contributed by atoms with E-state index in [4.69, 9.17) is 16.3 Å². The van der Waals surface area contributed by atoms with Crippen molar-refractivity contribution in [2.24, 2.45) is 0 Å². The Kier molecular flexibility index (Phi) is 6.77. The van der Waals surface area contributed by atoms with Gasteiger partial charge in [-0.3, -0.25) is 0 Å². The summed E-state index contributed by atoms with van der Waals surface area (Å²) in [6, 6.07) is 20.4. The van der Waals surface area contributed by atoms with Gasteiger partial charge in [-0.25, -0.2) is 13.2 Å². The molecule has 0 heterocycles. The summed E-state index contributed by atoms with van der Waals surface area (Å²) in [6.45, 7) is 0.0904. The summed E-state index contributed by atoms with van der Waals surface area (Å²) < 4.78 is 37.7. The number of carbonyl (C=O) groups is 1. The van der Waals surface area contributed by atoms with E-state index in [1.807, 2.05) is 30.3 Å². The molecule has 0 aromatic heterocycles. The second kappa shape index (κ2) is 9.30. The fourth-order valence-electron chi connectivity index (χ4n) is 2.79. The second-order valence-corrected chi connectivity index (χ2v) is 8.88. The van der Waals surface area contributed by atoms with Crippen LogP contribution in [0.3, 0.4) is 0 Å². The van der Waals surface area contributed by atoms with Gasteiger partial charge in [-0.2, -0.15) is 4.31 Å². The number of benzene rings is 3. The molecule has 0 aliphatic carbocycles. The van der Waals surface area contributed by atoms with Gasteiger partial charge < -0.3 is 9.47 Å². The quantitative estimate of drug-likeness (QED) is 0.491. The second-order valence-electron chi connectivity index (χ2n) is 6.46. The van der Waals surface area contributed by atoms with Crippen molar-refractivity contribution in [1.82, 2.24) is 4.31 Å². The number of esters is 1. The molecule has 0 bridgehead atoms. The van der Waals surface area contributed by atoms with Crippen LogP contribution in [0.5, 0.6) is 11.5 Å². The van der Waals surface area contributed by atoms with Crippen LogP contribution < -0.4 is 4.74 Å². The largest absolute Gasteiger partial charge is 0.465 e. The summed E-state index contributed by atoms with van der Waals surface area (Å²) in [6.07, 6.45) is 0. The molecule has 8 heteroatoms. The Balaban J connectivity index is 1.82. The van der Waals surface area contributed by atoms with Crippen molar-refractivity contribution in [2.75, 3.05) is 14.2 Å². The molecular formula is C22H20ClNO5S. The lowest BCUT2D eigenvalue weighted by Crippen LogP contribution is -2.27. The predicted molar refractivity (Wildman–Crippen MR) is 114 cm³/mol. The Morgan fingerprint density at radius 3 is 2.37 bits per heavy atom. The highest BCUT2D eigenvalue weighted by molar-refractivity contribution is 7.89. The summed E-state index contributed by atoms with van der Waals surface area (Å²) in [5, 5.41) is 0.0238. The van der Waals surface area contributed by atoms with E-state index in [0.717, 1.165) is 9.87 Å². The van der Waals surface area contributed by atoms with E-state index in [2.05, 4.69) is 4.74 Å². The third kappa shape index (κ3) is 4.99. The Morgan fingerprint density at radius 2 is 1.67 bits per heavy atom. The predicted octanol–water partition coefficient (Wildman–Crippen LogP) is 4.74. The molecule has 0 aliphatic rings. The molecule has 0 aliphatic heterocycles. The fourth-order valence-corrected chi connectivity index (χ4v) is 4.44. The van der Waals surface area contributed by atoms with Crippen LogP contribution in [0.1, 0.15) is 15.9 Å². The zero-order valence-corrected chi connectivity index (χ0v) is 18.0. The number of carbonyl (C=O) groups excluding carboxylic acids is 1. The smallest absolute Gasteiger partial charge is 0.337 e. The third-order valence-electron chi connectivity index (χ3n) is 4.32. The summed E-state index contributed by atoms with van der Waals surface area (Å²) in [5.74, 6) is 0.633. The van der Waals surface area contributed by atoms with Gasteiger partial charge in [0.25, 0.3) is 0 Å². The molecule has 6 nitrogen and oxygen atoms in total. The number of rotatable bonds is 7. The molecule has 0 unspecified atom stereocenters. The van der Waals surface area contributed by atoms with Gasteiger partial charge in [-0.1, -0.05) is 41.9 Å². The molecule has 0 amide bonds. The first kappa shape index (κ1) is 21.8. The van der Waals surface area contributed by atoms with Gasteiger partial charge in [0.05, 0.1) is 17.7 Å². The van der Waals surface area contributed by atoms with Crippen LogP contribution in [0.25, 0.3) is 0 Å². The topological polar surface area (TPSA) is 72.9 Å². The van der Waals surface area contributed by atoms with Gasteiger partial charge in [0, 0.05) is 13.6 Å². The first-order chi connectivity index (χ1) is 14.3. The molecule has 0 atom stereocenters. The highest BCUT2D eigenvalue weighted by Gasteiger charge is 2.25. The average molecular weight is 446 g/mol. The molecule has 0 saturated carbocycles. The molecule has 0 saturated heterocycles. The Morgan fingerprint density at radius 1 is 0.967 bits per heavy atom. The van der Waals surface area contributed by atoms with Crippen molar-refractivity contribution in [3.05, 3.63) is 88.9 Å². The van der Waals surface area contributed by atoms with Gasteiger partial charge in [0.15, 0.2) is 0 Å². The normalized spacial score (nSPS) is 11.3. The van der Waals surface area contributed by atoms with Crippen molar-refractivity contribution in [2.45, 2.75) is 11.4 Å². The Labute approximate surface area is 180 Å². The number of nitrogens with zero attached hydrogens (tertiary/aromatic N) is 1. The molecular weight excluding hydrogens is 426 g/mol. The molecule has 0 fully saturated rings. The number of ether oxygens (including phenoxy) is 2. The maximum atomic E-state index is 13.1. The lowest BCUT2D eigenvalue weighted by Gasteiger charge is -2.19. The van der Waals surface area contributed by atoms with E-state index in [-0.39, 0.29) is 22.0 Å². The van der Waals surface area contributed by atoms with Crippen molar-refractivity contribution in [3.63, 3.8) is 0 Å². The van der Waals surface area contributed by atoms with Crippen LogP contribution >= 0.6 is 11.6 Å². The molecule has 3 rings (SSSR count). The molecule has 0 spiro atoms. The molecule has 156 valence electrons. The van der Waals surface area contributed by atoms with E-state index in [1.54, 1.807) is 24.3 Å². The molecule has 3 aromatic rings. The van der Waals surface area contributed by atoms with Gasteiger partial charge >= 0.3 is 5.97 Å². The fraction of sp³-hybridized carbons (Fsp3) is 0.136. The minimum Gasteiger partial charge on any atom is -0.465 e. The van der Waals surface area contributed by atoms with E-state index >= 15 is 0 Å². The van der Waals surface area contributed by atoms with Crippen LogP contribution in [-0.4, -0.2) is 32.8 Å². The number of halogens is 1. The Hall–Kier alpha value is -2.87. The number of sulfonamides is 1. The standard InChI is InChI=1S/C22H20ClNO5S/c1-24(30(26,27)21-14-17(22(25)28-2)11-12-20(21)23)15-16-7-6-10-19(13-16)29-18-8-4-3-5-9-18/h3-14H,15H2,1-2H3. The SMILES string of the molecule is COC(=O)c1ccc(Cl)c(S(=O)(=O)N(C)Cc2cccc(Oc3ccccc3)c2)c1. The van der Waals surface area contributed by atoms with Crippen molar-refractivity contribution in [3.8, 4) is 11.5 Å². The highest BCUT2D eigenvalue weighted by Crippen LogP contribution is 2.28. The number of para-hydroxylation sites is 1. The van der Waals surface area contributed by atoms with Crippen molar-refractivity contribution < 1.29 is 22.7 Å². The van der Waals surface area contributed by atoms with E-state index in [9.17, 15) is 13.2 Å². The number of methoxy groups -OCH3 is 1. The monoisotopic (exact) mass is 445 g/mol. The summed E-state index contributed by atoms with van der Waals surface area (Å²) in [5.41, 5.74) is 0.835. The van der Waals surface area contributed by atoms with Crippen molar-refractivity contribution in [1.29, 1.82) is 0 Å². The van der Waals surface area contributed by atoms with E-state index < -0.39 is 16.0 Å². The number of hydrogen-bond donors (Lipinski definition) is 0. The maximum Gasteiger partial charge on any atom is 0.337 e. The van der Waals surface area contributed by atoms with E-state index in [0.29, 0.717) is 11.5 Å². The zero-order chi connectivity index (χ0) is 21.7. The van der Waals surface area contributed by atoms with Crippen LogP contribution in [0.2, 0.25) is 5.02 Å². The maximum absolute atomic E-state index is 13.1. The van der Waals surface area contributed by atoms with Crippen LogP contribution in [0.15, 0.2) is 77.7 Å². The van der Waals surface area contributed by atoms with Gasteiger partial charge in [0.1, 0.15) is 16.4 Å². The summed E-state index contributed by atoms with van der Waals surface area (Å²) in [4.78, 5) is 11.6. The molecule has 0 N–H and O–H groups in total. The Bertz CT molecular complexity index is 1150. The zero-order valence-electron chi connectivity index (χ0n) is 16.4. The lowest BCUT2D eigenvalue weighted by molar-refractivity contribution is 0.0600. The first-order valence-electron chi connectivity index (χ1n) is 8.97. The van der Waals surface area contributed by atoms with Gasteiger partial charge in [-0.05, 0) is 48.0 Å². The number of hydrogen-bond acceptors (Lipinski definition) is 5. The minimum absolute atomic E-state index is 0.0238. The molecule has 30 heavy (non-hydrogen) atoms. The lowest BCUT2D eigenvalue weighted by atomic mass is 10.2. The van der Waals surface area contributed by atoms with Gasteiger partial charge in [0.2, 0.25) is 10.0 Å². The summed E-state index contributed by atoms with van der Waals surface area (Å²) in [7, 11) is -1.28. The van der Waals surface area contributed by atoms with E-state index in [1.165, 1.54) is 32.4 Å². The molecule has 0 radical (unpaired) electrons. The average Bonchev–Trinajstić information content (AvgIpc) is 2.74. The highest BCUT2D eigenvalue weighted by atomic mass is 35.5. The summed E-state index contributed by atoms with van der Waals surface area (Å²) >= 11 is 6.11.